The van der Waals surface area contributed by atoms with Gasteiger partial charge in [0.1, 0.15) is 11.8 Å². The number of hydrogen-bond donors (Lipinski definition) is 1. The number of benzene rings is 1. The van der Waals surface area contributed by atoms with Crippen molar-refractivity contribution in [2.45, 2.75) is 6.04 Å². The van der Waals surface area contributed by atoms with Crippen molar-refractivity contribution in [1.82, 2.24) is 19.9 Å². The Kier molecular flexibility index (Phi) is 4.58. The minimum Gasteiger partial charge on any atom is -0.496 e. The number of carbonyl (C=O) groups excluding carboxylic acids is 1. The average Bonchev–Trinajstić information content (AvgIpc) is 3.15. The molecule has 2 aromatic heterocycles. The Bertz CT molecular complexity index is 778. The molecule has 7 heteroatoms. The van der Waals surface area contributed by atoms with Gasteiger partial charge in [-0.3, -0.25) is 9.78 Å². The SMILES string of the molecule is COc1ccccc1[C@H](NC(=O)c1csnn1)c1ccccn1. The second-order valence-electron chi connectivity index (χ2n) is 4.69. The maximum Gasteiger partial charge on any atom is 0.273 e. The molecule has 0 saturated carbocycles. The van der Waals surface area contributed by atoms with Crippen LogP contribution in [0.1, 0.15) is 27.8 Å². The van der Waals surface area contributed by atoms with Crippen LogP contribution in [0, 0.1) is 0 Å². The molecule has 116 valence electrons. The highest BCUT2D eigenvalue weighted by Gasteiger charge is 2.22. The summed E-state index contributed by atoms with van der Waals surface area (Å²) in [7, 11) is 1.60. The normalized spacial score (nSPS) is 11.7. The minimum atomic E-state index is -0.443. The van der Waals surface area contributed by atoms with Gasteiger partial charge < -0.3 is 10.1 Å². The van der Waals surface area contributed by atoms with Gasteiger partial charge in [-0.2, -0.15) is 0 Å². The fraction of sp³-hybridized carbons (Fsp3) is 0.125. The summed E-state index contributed by atoms with van der Waals surface area (Å²) in [6, 6.07) is 12.6. The quantitative estimate of drug-likeness (QED) is 0.779. The third kappa shape index (κ3) is 3.35. The zero-order valence-corrected chi connectivity index (χ0v) is 13.2. The van der Waals surface area contributed by atoms with Crippen molar-refractivity contribution < 1.29 is 9.53 Å². The summed E-state index contributed by atoms with van der Waals surface area (Å²) >= 11 is 1.13. The lowest BCUT2D eigenvalue weighted by Gasteiger charge is -2.20. The van der Waals surface area contributed by atoms with Gasteiger partial charge in [-0.15, -0.1) is 5.10 Å². The Morgan fingerprint density at radius 2 is 2.04 bits per heavy atom. The molecule has 23 heavy (non-hydrogen) atoms. The second-order valence-corrected chi connectivity index (χ2v) is 5.30. The largest absolute Gasteiger partial charge is 0.496 e. The number of carbonyl (C=O) groups is 1. The standard InChI is InChI=1S/C16H14N4O2S/c1-22-14-8-3-2-6-11(14)15(12-7-4-5-9-17-12)18-16(21)13-10-23-20-19-13/h2-10,15H,1H3,(H,18,21)/t15-/m0/s1. The summed E-state index contributed by atoms with van der Waals surface area (Å²) in [5.74, 6) is 0.375. The number of nitrogens with zero attached hydrogens (tertiary/aromatic N) is 3. The van der Waals surface area contributed by atoms with Gasteiger partial charge in [-0.1, -0.05) is 28.8 Å². The third-order valence-electron chi connectivity index (χ3n) is 3.30. The van der Waals surface area contributed by atoms with Crippen LogP contribution in [-0.2, 0) is 0 Å². The summed E-state index contributed by atoms with van der Waals surface area (Å²) in [5, 5.41) is 8.36. The summed E-state index contributed by atoms with van der Waals surface area (Å²) in [5.41, 5.74) is 1.82. The first-order valence-corrected chi connectivity index (χ1v) is 7.75. The number of methoxy groups -OCH3 is 1. The molecule has 0 aliphatic heterocycles. The summed E-state index contributed by atoms with van der Waals surface area (Å²) in [6.45, 7) is 0. The van der Waals surface area contributed by atoms with Crippen molar-refractivity contribution in [3.05, 3.63) is 71.0 Å². The Labute approximate surface area is 137 Å². The van der Waals surface area contributed by atoms with E-state index in [2.05, 4.69) is 19.9 Å². The highest BCUT2D eigenvalue weighted by Crippen LogP contribution is 2.29. The highest BCUT2D eigenvalue weighted by molar-refractivity contribution is 7.03. The predicted octanol–water partition coefficient (Wildman–Crippen LogP) is 2.46. The number of hydrogen-bond acceptors (Lipinski definition) is 6. The third-order valence-corrected chi connectivity index (χ3v) is 3.81. The lowest BCUT2D eigenvalue weighted by Crippen LogP contribution is -2.30. The van der Waals surface area contributed by atoms with Gasteiger partial charge in [0, 0.05) is 17.1 Å². The summed E-state index contributed by atoms with van der Waals surface area (Å²) in [4.78, 5) is 16.7. The molecule has 3 aromatic rings. The fourth-order valence-electron chi connectivity index (χ4n) is 2.23. The van der Waals surface area contributed by atoms with Crippen LogP contribution in [0.2, 0.25) is 0 Å². The van der Waals surface area contributed by atoms with E-state index in [0.717, 1.165) is 17.1 Å². The van der Waals surface area contributed by atoms with E-state index in [1.807, 2.05) is 42.5 Å². The molecule has 0 saturated heterocycles. The van der Waals surface area contributed by atoms with Gasteiger partial charge in [0.05, 0.1) is 12.8 Å². The molecule has 0 aliphatic carbocycles. The molecular weight excluding hydrogens is 312 g/mol. The molecule has 1 atom stereocenters. The van der Waals surface area contributed by atoms with Crippen LogP contribution < -0.4 is 10.1 Å². The van der Waals surface area contributed by atoms with E-state index in [1.54, 1.807) is 18.7 Å². The van der Waals surface area contributed by atoms with Crippen LogP contribution in [0.3, 0.4) is 0 Å². The van der Waals surface area contributed by atoms with Gasteiger partial charge >= 0.3 is 0 Å². The zero-order valence-electron chi connectivity index (χ0n) is 12.3. The second kappa shape index (κ2) is 6.97. The number of ether oxygens (including phenoxy) is 1. The number of rotatable bonds is 5. The van der Waals surface area contributed by atoms with E-state index in [0.29, 0.717) is 11.4 Å². The zero-order chi connectivity index (χ0) is 16.1. The molecule has 1 aromatic carbocycles. The lowest BCUT2D eigenvalue weighted by molar-refractivity contribution is 0.0937. The smallest absolute Gasteiger partial charge is 0.273 e. The first kappa shape index (κ1) is 15.1. The summed E-state index contributed by atoms with van der Waals surface area (Å²) in [6.07, 6.45) is 1.69. The minimum absolute atomic E-state index is 0.283. The lowest BCUT2D eigenvalue weighted by atomic mass is 10.0. The van der Waals surface area contributed by atoms with E-state index < -0.39 is 6.04 Å². The van der Waals surface area contributed by atoms with Crippen molar-refractivity contribution in [3.8, 4) is 5.75 Å². The van der Waals surface area contributed by atoms with Crippen LogP contribution in [0.5, 0.6) is 5.75 Å². The Balaban J connectivity index is 1.99. The molecule has 0 unspecified atom stereocenters. The highest BCUT2D eigenvalue weighted by atomic mass is 32.1. The van der Waals surface area contributed by atoms with E-state index in [1.165, 1.54) is 0 Å². The van der Waals surface area contributed by atoms with Crippen LogP contribution >= 0.6 is 11.5 Å². The van der Waals surface area contributed by atoms with E-state index in [9.17, 15) is 4.79 Å². The average molecular weight is 326 g/mol. The molecule has 1 amide bonds. The van der Waals surface area contributed by atoms with Crippen molar-refractivity contribution >= 4 is 17.4 Å². The maximum absolute atomic E-state index is 12.4. The number of amides is 1. The molecule has 2 heterocycles. The molecular formula is C16H14N4O2S. The van der Waals surface area contributed by atoms with Crippen molar-refractivity contribution in [2.75, 3.05) is 7.11 Å². The Morgan fingerprint density at radius 1 is 1.22 bits per heavy atom. The van der Waals surface area contributed by atoms with Crippen molar-refractivity contribution in [3.63, 3.8) is 0 Å². The molecule has 0 spiro atoms. The topological polar surface area (TPSA) is 77.0 Å². The molecule has 0 bridgehead atoms. The monoisotopic (exact) mass is 326 g/mol. The van der Waals surface area contributed by atoms with Gasteiger partial charge in [0.15, 0.2) is 5.69 Å². The van der Waals surface area contributed by atoms with E-state index in [4.69, 9.17) is 4.74 Å². The van der Waals surface area contributed by atoms with Crippen LogP contribution in [0.25, 0.3) is 0 Å². The van der Waals surface area contributed by atoms with Gasteiger partial charge in [0.2, 0.25) is 0 Å². The number of para-hydroxylation sites is 1. The Hall–Kier alpha value is -2.80. The maximum atomic E-state index is 12.4. The number of nitrogens with one attached hydrogen (secondary N) is 1. The predicted molar refractivity (Wildman–Crippen MR) is 86.4 cm³/mol. The van der Waals surface area contributed by atoms with E-state index >= 15 is 0 Å². The molecule has 1 N–H and O–H groups in total. The van der Waals surface area contributed by atoms with Crippen LogP contribution in [0.15, 0.2) is 54.0 Å². The van der Waals surface area contributed by atoms with Gasteiger partial charge in [-0.25, -0.2) is 0 Å². The molecule has 0 aliphatic rings. The van der Waals surface area contributed by atoms with Gasteiger partial charge in [0.25, 0.3) is 5.91 Å². The first-order valence-electron chi connectivity index (χ1n) is 6.91. The molecule has 0 fully saturated rings. The Morgan fingerprint density at radius 3 is 2.74 bits per heavy atom. The summed E-state index contributed by atoms with van der Waals surface area (Å²) < 4.78 is 9.14. The fourth-order valence-corrected chi connectivity index (χ4v) is 2.67. The van der Waals surface area contributed by atoms with E-state index in [-0.39, 0.29) is 11.6 Å². The van der Waals surface area contributed by atoms with Crippen LogP contribution in [-0.4, -0.2) is 27.6 Å². The number of aromatic nitrogens is 3. The number of pyridine rings is 1. The first-order chi connectivity index (χ1) is 11.3. The van der Waals surface area contributed by atoms with Gasteiger partial charge in [-0.05, 0) is 29.7 Å². The molecule has 6 nitrogen and oxygen atoms in total. The molecule has 3 rings (SSSR count). The van der Waals surface area contributed by atoms with Crippen molar-refractivity contribution in [2.24, 2.45) is 0 Å². The molecule has 0 radical (unpaired) electrons. The van der Waals surface area contributed by atoms with Crippen molar-refractivity contribution in [1.29, 1.82) is 0 Å². The van der Waals surface area contributed by atoms with Crippen LogP contribution in [0.4, 0.5) is 0 Å².